The molecular formula is C13H9F5N2O2S. The molecule has 4 nitrogen and oxygen atoms in total. The van der Waals surface area contributed by atoms with Crippen LogP contribution in [0.15, 0.2) is 29.2 Å². The van der Waals surface area contributed by atoms with Crippen LogP contribution in [-0.2, 0) is 10.0 Å². The summed E-state index contributed by atoms with van der Waals surface area (Å²) in [6, 6.07) is 5.34. The lowest BCUT2D eigenvalue weighted by Crippen LogP contribution is -2.31. The van der Waals surface area contributed by atoms with Gasteiger partial charge in [-0.25, -0.2) is 30.4 Å². The van der Waals surface area contributed by atoms with E-state index in [2.05, 4.69) is 0 Å². The number of hydrazine groups is 1. The molecule has 0 unspecified atom stereocenters. The van der Waals surface area contributed by atoms with E-state index < -0.39 is 44.8 Å². The number of benzene rings is 2. The third kappa shape index (κ3) is 3.27. The topological polar surface area (TPSA) is 58.2 Å². The van der Waals surface area contributed by atoms with Crippen molar-refractivity contribution < 1.29 is 30.4 Å². The molecule has 0 spiro atoms. The van der Waals surface area contributed by atoms with E-state index in [0.29, 0.717) is 0 Å². The second-order valence-corrected chi connectivity index (χ2v) is 6.17. The second-order valence-electron chi connectivity index (χ2n) is 4.49. The zero-order valence-corrected chi connectivity index (χ0v) is 12.2. The maximum absolute atomic E-state index is 13.4. The summed E-state index contributed by atoms with van der Waals surface area (Å²) in [6.07, 6.45) is 0. The Morgan fingerprint density at radius 3 is 1.70 bits per heavy atom. The smallest absolute Gasteiger partial charge is 0.257 e. The fraction of sp³-hybridized carbons (Fsp3) is 0.0769. The van der Waals surface area contributed by atoms with Crippen LogP contribution in [0, 0.1) is 36.0 Å². The van der Waals surface area contributed by atoms with Crippen molar-refractivity contribution in [1.29, 1.82) is 0 Å². The standard InChI is InChI=1S/C13H9F5N2O2S/c1-6-2-4-7(5-3-6)23(21,22)20-19-13-11(17)9(15)8(14)10(16)12(13)18/h2-5,19-20H,1H3. The minimum Gasteiger partial charge on any atom is -0.302 e. The number of anilines is 1. The molecule has 0 aromatic heterocycles. The van der Waals surface area contributed by atoms with Crippen molar-refractivity contribution in [2.24, 2.45) is 0 Å². The van der Waals surface area contributed by atoms with Gasteiger partial charge in [-0.15, -0.1) is 4.83 Å². The van der Waals surface area contributed by atoms with Crippen LogP contribution in [0.25, 0.3) is 0 Å². The van der Waals surface area contributed by atoms with Crippen molar-refractivity contribution in [3.8, 4) is 0 Å². The van der Waals surface area contributed by atoms with Gasteiger partial charge in [0.05, 0.1) is 4.90 Å². The lowest BCUT2D eigenvalue weighted by atomic mass is 10.2. The Hall–Kier alpha value is -2.20. The Morgan fingerprint density at radius 1 is 0.783 bits per heavy atom. The van der Waals surface area contributed by atoms with E-state index in [9.17, 15) is 30.4 Å². The van der Waals surface area contributed by atoms with Crippen molar-refractivity contribution in [3.05, 3.63) is 58.9 Å². The quantitative estimate of drug-likeness (QED) is 0.385. The molecule has 124 valence electrons. The first kappa shape index (κ1) is 17.2. The first-order valence-electron chi connectivity index (χ1n) is 6.01. The molecule has 0 saturated heterocycles. The maximum atomic E-state index is 13.4. The first-order valence-corrected chi connectivity index (χ1v) is 7.49. The summed E-state index contributed by atoms with van der Waals surface area (Å²) in [6.45, 7) is 1.71. The Bertz CT molecular complexity index is 825. The van der Waals surface area contributed by atoms with Gasteiger partial charge in [0.15, 0.2) is 23.3 Å². The summed E-state index contributed by atoms with van der Waals surface area (Å²) in [4.78, 5) is 1.29. The average molecular weight is 352 g/mol. The Kier molecular flexibility index (Phi) is 4.57. The normalized spacial score (nSPS) is 11.6. The number of halogens is 5. The van der Waals surface area contributed by atoms with Gasteiger partial charge >= 0.3 is 0 Å². The van der Waals surface area contributed by atoms with Gasteiger partial charge in [-0.05, 0) is 19.1 Å². The molecule has 2 aromatic carbocycles. The minimum absolute atomic E-state index is 0.264. The van der Waals surface area contributed by atoms with Gasteiger partial charge in [0.1, 0.15) is 5.69 Å². The Morgan fingerprint density at radius 2 is 1.22 bits per heavy atom. The molecule has 0 amide bonds. The highest BCUT2D eigenvalue weighted by atomic mass is 32.2. The summed E-state index contributed by atoms with van der Waals surface area (Å²) in [5.74, 6) is -11.1. The number of nitrogens with one attached hydrogen (secondary N) is 2. The molecule has 0 radical (unpaired) electrons. The van der Waals surface area contributed by atoms with Crippen LogP contribution in [0.3, 0.4) is 0 Å². The van der Waals surface area contributed by atoms with E-state index in [4.69, 9.17) is 0 Å². The first-order chi connectivity index (χ1) is 10.6. The summed E-state index contributed by atoms with van der Waals surface area (Å²) < 4.78 is 89.5. The van der Waals surface area contributed by atoms with Crippen LogP contribution in [0.1, 0.15) is 5.56 Å². The number of hydrogen-bond donors (Lipinski definition) is 2. The molecule has 0 atom stereocenters. The highest BCUT2D eigenvalue weighted by Crippen LogP contribution is 2.26. The molecule has 10 heteroatoms. The number of sulfonamides is 1. The maximum Gasteiger partial charge on any atom is 0.257 e. The van der Waals surface area contributed by atoms with Gasteiger partial charge in [0.2, 0.25) is 5.82 Å². The van der Waals surface area contributed by atoms with E-state index in [1.165, 1.54) is 29.7 Å². The van der Waals surface area contributed by atoms with E-state index in [1.54, 1.807) is 11.8 Å². The van der Waals surface area contributed by atoms with Crippen molar-refractivity contribution in [3.63, 3.8) is 0 Å². The molecule has 0 heterocycles. The van der Waals surface area contributed by atoms with Crippen molar-refractivity contribution in [1.82, 2.24) is 4.83 Å². The summed E-state index contributed by atoms with van der Waals surface area (Å²) in [5, 5.41) is 0. The molecule has 2 aromatic rings. The number of hydrogen-bond acceptors (Lipinski definition) is 3. The van der Waals surface area contributed by atoms with Gasteiger partial charge in [-0.2, -0.15) is 0 Å². The fourth-order valence-corrected chi connectivity index (χ4v) is 2.46. The number of rotatable bonds is 4. The van der Waals surface area contributed by atoms with E-state index in [1.807, 2.05) is 0 Å². The lowest BCUT2D eigenvalue weighted by Gasteiger charge is -2.12. The van der Waals surface area contributed by atoms with Gasteiger partial charge in [0, 0.05) is 0 Å². The van der Waals surface area contributed by atoms with Crippen molar-refractivity contribution in [2.45, 2.75) is 11.8 Å². The van der Waals surface area contributed by atoms with Crippen LogP contribution in [0.5, 0.6) is 0 Å². The van der Waals surface area contributed by atoms with Gasteiger partial charge in [-0.1, -0.05) is 17.7 Å². The zero-order chi connectivity index (χ0) is 17.4. The predicted molar refractivity (Wildman–Crippen MR) is 71.4 cm³/mol. The summed E-state index contributed by atoms with van der Waals surface area (Å²) >= 11 is 0. The van der Waals surface area contributed by atoms with Crippen LogP contribution in [-0.4, -0.2) is 8.42 Å². The second kappa shape index (κ2) is 6.13. The molecule has 0 aliphatic carbocycles. The molecule has 23 heavy (non-hydrogen) atoms. The monoisotopic (exact) mass is 352 g/mol. The highest BCUT2D eigenvalue weighted by molar-refractivity contribution is 7.89. The van der Waals surface area contributed by atoms with Gasteiger partial charge in [-0.3, -0.25) is 0 Å². The molecule has 0 bridgehead atoms. The number of aryl methyl sites for hydroxylation is 1. The molecular weight excluding hydrogens is 343 g/mol. The highest BCUT2D eigenvalue weighted by Gasteiger charge is 2.26. The fourth-order valence-electron chi connectivity index (χ4n) is 1.61. The van der Waals surface area contributed by atoms with E-state index in [-0.39, 0.29) is 4.90 Å². The largest absolute Gasteiger partial charge is 0.302 e. The zero-order valence-electron chi connectivity index (χ0n) is 11.4. The van der Waals surface area contributed by atoms with Crippen molar-refractivity contribution >= 4 is 15.7 Å². The molecule has 0 fully saturated rings. The van der Waals surface area contributed by atoms with Crippen LogP contribution >= 0.6 is 0 Å². The average Bonchev–Trinajstić information content (AvgIpc) is 2.51. The SMILES string of the molecule is Cc1ccc(S(=O)(=O)NNc2c(F)c(F)c(F)c(F)c2F)cc1. The molecule has 2 rings (SSSR count). The summed E-state index contributed by atoms with van der Waals surface area (Å²) in [7, 11) is -4.28. The van der Waals surface area contributed by atoms with Gasteiger partial charge < -0.3 is 5.43 Å². The Balaban J connectivity index is 2.33. The molecule has 0 aliphatic rings. The van der Waals surface area contributed by atoms with Crippen molar-refractivity contribution in [2.75, 3.05) is 5.43 Å². The minimum atomic E-state index is -4.28. The third-order valence-electron chi connectivity index (χ3n) is 2.85. The molecule has 0 saturated carbocycles. The molecule has 0 aliphatic heterocycles. The Labute approximate surface area is 128 Å². The van der Waals surface area contributed by atoms with Gasteiger partial charge in [0.25, 0.3) is 10.0 Å². The predicted octanol–water partition coefficient (Wildman–Crippen LogP) is 3.00. The van der Waals surface area contributed by atoms with Crippen LogP contribution < -0.4 is 10.3 Å². The third-order valence-corrected chi connectivity index (χ3v) is 4.12. The van der Waals surface area contributed by atoms with E-state index in [0.717, 1.165) is 5.56 Å². The van der Waals surface area contributed by atoms with E-state index >= 15 is 0 Å². The lowest BCUT2D eigenvalue weighted by molar-refractivity contribution is 0.381. The molecule has 2 N–H and O–H groups in total. The summed E-state index contributed by atoms with van der Waals surface area (Å²) in [5.41, 5.74) is 0.767. The van der Waals surface area contributed by atoms with Crippen LogP contribution in [0.2, 0.25) is 0 Å². The van der Waals surface area contributed by atoms with Crippen LogP contribution in [0.4, 0.5) is 27.6 Å².